The molecule has 0 fully saturated rings. The van der Waals surface area contributed by atoms with Crippen LogP contribution in [0.4, 0.5) is 27.6 Å². The zero-order valence-corrected chi connectivity index (χ0v) is 22.6. The Balaban J connectivity index is 1.53. The highest BCUT2D eigenvalue weighted by atomic mass is 32.1. The van der Waals surface area contributed by atoms with E-state index in [0.29, 0.717) is 35.2 Å². The molecule has 0 bridgehead atoms. The van der Waals surface area contributed by atoms with E-state index < -0.39 is 35.3 Å². The van der Waals surface area contributed by atoms with Crippen LogP contribution >= 0.6 is 11.3 Å². The number of furan rings is 1. The molecule has 1 aromatic carbocycles. The number of pyridine rings is 1. The first-order valence-electron chi connectivity index (χ1n) is 12.2. The molecule has 9 nitrogen and oxygen atoms in total. The number of carbonyl (C=O) groups is 2. The van der Waals surface area contributed by atoms with Crippen molar-refractivity contribution in [1.29, 1.82) is 0 Å². The third-order valence-electron chi connectivity index (χ3n) is 6.26. The summed E-state index contributed by atoms with van der Waals surface area (Å²) in [6, 6.07) is 6.24. The SMILES string of the molecule is CCn1ncc(-c2cc(C(F)(F)F)nc3sc(C(N)=O)c(NC(=O)c4ccc(COc5ccc(F)cc5F)o4)c23)c1C. The number of primary amides is 1. The lowest BCUT2D eigenvalue weighted by molar-refractivity contribution is -0.140. The minimum absolute atomic E-state index is 0.0402. The highest BCUT2D eigenvalue weighted by molar-refractivity contribution is 7.21. The van der Waals surface area contributed by atoms with Crippen molar-refractivity contribution in [3.63, 3.8) is 0 Å². The number of aryl methyl sites for hydroxylation is 1. The number of nitrogens with two attached hydrogens (primary N) is 1. The Morgan fingerprint density at radius 3 is 2.55 bits per heavy atom. The standard InChI is InChI=1S/C27H20F5N5O4S/c1-3-37-12(2)16(10-34-37)15-9-20(27(30,31)32)35-26-21(15)22(23(42-26)24(33)38)36-25(39)19-7-5-14(41-19)11-40-18-6-4-13(28)8-17(18)29/h4-10H,3,11H2,1-2H3,(H2,33,38)(H,36,39). The van der Waals surface area contributed by atoms with Crippen LogP contribution in [0.2, 0.25) is 0 Å². The number of amides is 2. The summed E-state index contributed by atoms with van der Waals surface area (Å²) in [5.74, 6) is -3.95. The molecule has 5 rings (SSSR count). The van der Waals surface area contributed by atoms with Gasteiger partial charge < -0.3 is 20.2 Å². The number of thiophene rings is 1. The summed E-state index contributed by atoms with van der Waals surface area (Å²) in [6.07, 6.45) is -3.41. The van der Waals surface area contributed by atoms with E-state index >= 15 is 0 Å². The van der Waals surface area contributed by atoms with Crippen LogP contribution in [0, 0.1) is 18.6 Å². The average molecular weight is 606 g/mol. The molecule has 0 saturated carbocycles. The number of rotatable bonds is 8. The lowest BCUT2D eigenvalue weighted by atomic mass is 10.0. The molecule has 2 amide bonds. The number of anilines is 1. The van der Waals surface area contributed by atoms with Crippen LogP contribution in [-0.2, 0) is 19.3 Å². The highest BCUT2D eigenvalue weighted by Gasteiger charge is 2.35. The van der Waals surface area contributed by atoms with Crippen molar-refractivity contribution in [2.45, 2.75) is 33.2 Å². The van der Waals surface area contributed by atoms with Gasteiger partial charge in [-0.25, -0.2) is 13.8 Å². The molecule has 0 unspecified atom stereocenters. The summed E-state index contributed by atoms with van der Waals surface area (Å²) in [5, 5.41) is 6.81. The van der Waals surface area contributed by atoms with E-state index in [2.05, 4.69) is 15.4 Å². The molecular formula is C27H20F5N5O4S. The van der Waals surface area contributed by atoms with Crippen LogP contribution in [0.25, 0.3) is 21.3 Å². The summed E-state index contributed by atoms with van der Waals surface area (Å²) in [4.78, 5) is 28.8. The maximum absolute atomic E-state index is 13.9. The normalized spacial score (nSPS) is 11.7. The van der Waals surface area contributed by atoms with Crippen molar-refractivity contribution in [2.24, 2.45) is 5.73 Å². The average Bonchev–Trinajstić information content (AvgIpc) is 3.64. The number of fused-ring (bicyclic) bond motifs is 1. The molecule has 0 spiro atoms. The molecule has 15 heteroatoms. The van der Waals surface area contributed by atoms with E-state index in [0.717, 1.165) is 18.2 Å². The van der Waals surface area contributed by atoms with Gasteiger partial charge in [-0.2, -0.15) is 18.3 Å². The summed E-state index contributed by atoms with van der Waals surface area (Å²) in [6.45, 7) is 3.63. The van der Waals surface area contributed by atoms with E-state index in [-0.39, 0.29) is 50.2 Å². The number of aromatic nitrogens is 3. The second-order valence-electron chi connectivity index (χ2n) is 8.95. The molecule has 218 valence electrons. The minimum atomic E-state index is -4.80. The fourth-order valence-electron chi connectivity index (χ4n) is 4.27. The smallest absolute Gasteiger partial charge is 0.433 e. The number of nitrogens with one attached hydrogen (secondary N) is 1. The molecule has 4 heterocycles. The fraction of sp³-hybridized carbons (Fsp3) is 0.185. The third kappa shape index (κ3) is 5.42. The highest BCUT2D eigenvalue weighted by Crippen LogP contribution is 2.44. The minimum Gasteiger partial charge on any atom is -0.483 e. The Hall–Kier alpha value is -4.79. The molecule has 0 saturated heterocycles. The van der Waals surface area contributed by atoms with Gasteiger partial charge in [0.1, 0.15) is 33.6 Å². The van der Waals surface area contributed by atoms with Crippen molar-refractivity contribution in [1.82, 2.24) is 14.8 Å². The molecule has 42 heavy (non-hydrogen) atoms. The van der Waals surface area contributed by atoms with Crippen LogP contribution in [0.5, 0.6) is 5.75 Å². The molecule has 0 aliphatic carbocycles. The Morgan fingerprint density at radius 1 is 1.14 bits per heavy atom. The maximum Gasteiger partial charge on any atom is 0.433 e. The van der Waals surface area contributed by atoms with Crippen molar-refractivity contribution >= 4 is 39.1 Å². The quantitative estimate of drug-likeness (QED) is 0.200. The molecule has 0 aliphatic heterocycles. The number of benzene rings is 1. The predicted octanol–water partition coefficient (Wildman–Crippen LogP) is 6.31. The van der Waals surface area contributed by atoms with Crippen molar-refractivity contribution in [3.8, 4) is 16.9 Å². The van der Waals surface area contributed by atoms with Crippen LogP contribution < -0.4 is 15.8 Å². The first-order valence-corrected chi connectivity index (χ1v) is 13.0. The first kappa shape index (κ1) is 28.7. The van der Waals surface area contributed by atoms with Gasteiger partial charge >= 0.3 is 6.18 Å². The van der Waals surface area contributed by atoms with E-state index in [9.17, 15) is 31.5 Å². The zero-order chi connectivity index (χ0) is 30.3. The third-order valence-corrected chi connectivity index (χ3v) is 7.36. The topological polar surface area (TPSA) is 125 Å². The van der Waals surface area contributed by atoms with Gasteiger partial charge in [0.25, 0.3) is 11.8 Å². The van der Waals surface area contributed by atoms with Crippen LogP contribution in [0.1, 0.15) is 44.3 Å². The molecular weight excluding hydrogens is 585 g/mol. The van der Waals surface area contributed by atoms with E-state index in [1.165, 1.54) is 18.3 Å². The van der Waals surface area contributed by atoms with Crippen molar-refractivity contribution in [2.75, 3.05) is 5.32 Å². The molecule has 0 aliphatic rings. The van der Waals surface area contributed by atoms with Gasteiger partial charge in [-0.15, -0.1) is 11.3 Å². The second-order valence-corrected chi connectivity index (χ2v) is 9.95. The second kappa shape index (κ2) is 10.9. The first-order chi connectivity index (χ1) is 19.9. The Morgan fingerprint density at radius 2 is 1.90 bits per heavy atom. The van der Waals surface area contributed by atoms with Crippen molar-refractivity contribution in [3.05, 3.63) is 82.0 Å². The van der Waals surface area contributed by atoms with Gasteiger partial charge in [-0.1, -0.05) is 0 Å². The van der Waals surface area contributed by atoms with Gasteiger partial charge in [0.05, 0.1) is 11.9 Å². The summed E-state index contributed by atoms with van der Waals surface area (Å²) >= 11 is 0.600. The molecule has 0 atom stereocenters. The Bertz CT molecular complexity index is 1840. The van der Waals surface area contributed by atoms with Crippen LogP contribution in [0.15, 0.2) is 47.0 Å². The lowest BCUT2D eigenvalue weighted by Crippen LogP contribution is -2.16. The summed E-state index contributed by atoms with van der Waals surface area (Å²) in [7, 11) is 0. The number of alkyl halides is 3. The molecule has 0 radical (unpaired) electrons. The zero-order valence-electron chi connectivity index (χ0n) is 21.8. The maximum atomic E-state index is 13.9. The van der Waals surface area contributed by atoms with Gasteiger partial charge in [-0.3, -0.25) is 14.3 Å². The van der Waals surface area contributed by atoms with Crippen LogP contribution in [0.3, 0.4) is 0 Å². The van der Waals surface area contributed by atoms with Gasteiger partial charge in [0, 0.05) is 29.3 Å². The number of hydrogen-bond donors (Lipinski definition) is 2. The Kier molecular flexibility index (Phi) is 7.45. The van der Waals surface area contributed by atoms with Gasteiger partial charge in [-0.05, 0) is 49.7 Å². The number of hydrogen-bond acceptors (Lipinski definition) is 7. The van der Waals surface area contributed by atoms with Crippen molar-refractivity contribution < 1.29 is 40.7 Å². The van der Waals surface area contributed by atoms with Gasteiger partial charge in [0.15, 0.2) is 17.3 Å². The number of nitrogens with zero attached hydrogens (tertiary/aromatic N) is 3. The van der Waals surface area contributed by atoms with E-state index in [1.54, 1.807) is 11.6 Å². The number of ether oxygens (including phenoxy) is 1. The molecule has 4 aromatic heterocycles. The number of halogens is 5. The summed E-state index contributed by atoms with van der Waals surface area (Å²) < 4.78 is 80.7. The lowest BCUT2D eigenvalue weighted by Gasteiger charge is -2.12. The summed E-state index contributed by atoms with van der Waals surface area (Å²) in [5.41, 5.74) is 5.13. The molecule has 3 N–H and O–H groups in total. The van der Waals surface area contributed by atoms with E-state index in [1.807, 2.05) is 6.92 Å². The predicted molar refractivity (Wildman–Crippen MR) is 142 cm³/mol. The monoisotopic (exact) mass is 605 g/mol. The number of carbonyl (C=O) groups excluding carboxylic acids is 2. The van der Waals surface area contributed by atoms with Gasteiger partial charge in [0.2, 0.25) is 0 Å². The fourth-order valence-corrected chi connectivity index (χ4v) is 5.28. The Labute approximate surface area is 237 Å². The van der Waals surface area contributed by atoms with Crippen LogP contribution in [-0.4, -0.2) is 26.6 Å². The van der Waals surface area contributed by atoms with E-state index in [4.69, 9.17) is 14.9 Å². The molecule has 5 aromatic rings. The largest absolute Gasteiger partial charge is 0.483 e.